The monoisotopic (exact) mass is 250 g/mol. The zero-order valence-corrected chi connectivity index (χ0v) is 11.9. The first-order valence-electron chi connectivity index (χ1n) is 7.41. The number of rotatable bonds is 3. The third-order valence-electron chi connectivity index (χ3n) is 4.63. The van der Waals surface area contributed by atoms with Crippen LogP contribution < -0.4 is 0 Å². The molecule has 0 aromatic heterocycles. The average molecular weight is 250 g/mol. The standard InChI is InChI=1S/C19H22/c1-14-8-12-19-15(2)17(11-13-18(14)19)10-9-16-6-4-3-5-7-16/h3-7,11,13-14H,8-10,12H2,1-2H3. The van der Waals surface area contributed by atoms with E-state index in [1.165, 1.54) is 24.0 Å². The van der Waals surface area contributed by atoms with E-state index >= 15 is 0 Å². The van der Waals surface area contributed by atoms with Crippen LogP contribution in [-0.2, 0) is 19.3 Å². The van der Waals surface area contributed by atoms with Crippen molar-refractivity contribution >= 4 is 0 Å². The lowest BCUT2D eigenvalue weighted by molar-refractivity contribution is 0.747. The van der Waals surface area contributed by atoms with Gasteiger partial charge in [-0.2, -0.15) is 0 Å². The number of fused-ring (bicyclic) bond motifs is 1. The Morgan fingerprint density at radius 1 is 1.00 bits per heavy atom. The van der Waals surface area contributed by atoms with Gasteiger partial charge in [-0.05, 0) is 66.3 Å². The molecule has 0 heteroatoms. The fourth-order valence-electron chi connectivity index (χ4n) is 3.33. The van der Waals surface area contributed by atoms with Gasteiger partial charge in [0.15, 0.2) is 0 Å². The largest absolute Gasteiger partial charge is 0.0622 e. The van der Waals surface area contributed by atoms with Crippen LogP contribution in [0.25, 0.3) is 0 Å². The van der Waals surface area contributed by atoms with E-state index in [0.29, 0.717) is 0 Å². The summed E-state index contributed by atoms with van der Waals surface area (Å²) in [5.74, 6) is 0.761. The first kappa shape index (κ1) is 12.5. The number of hydrogen-bond acceptors (Lipinski definition) is 0. The van der Waals surface area contributed by atoms with E-state index in [0.717, 1.165) is 18.8 Å². The summed E-state index contributed by atoms with van der Waals surface area (Å²) in [6.45, 7) is 4.67. The van der Waals surface area contributed by atoms with Gasteiger partial charge < -0.3 is 0 Å². The van der Waals surface area contributed by atoms with E-state index in [1.54, 1.807) is 16.7 Å². The molecule has 0 bridgehead atoms. The van der Waals surface area contributed by atoms with Crippen molar-refractivity contribution in [2.45, 2.75) is 45.4 Å². The first-order chi connectivity index (χ1) is 9.25. The SMILES string of the molecule is Cc1c(CCc2ccccc2)ccc2c1CCC2C. The van der Waals surface area contributed by atoms with Crippen molar-refractivity contribution in [2.24, 2.45) is 0 Å². The molecule has 0 spiro atoms. The van der Waals surface area contributed by atoms with E-state index < -0.39 is 0 Å². The molecular formula is C19H22. The maximum atomic E-state index is 2.38. The fourth-order valence-corrected chi connectivity index (χ4v) is 3.33. The topological polar surface area (TPSA) is 0 Å². The molecule has 1 unspecified atom stereocenters. The van der Waals surface area contributed by atoms with E-state index in [1.807, 2.05) is 0 Å². The van der Waals surface area contributed by atoms with Crippen molar-refractivity contribution in [3.05, 3.63) is 70.3 Å². The van der Waals surface area contributed by atoms with Crippen molar-refractivity contribution in [3.63, 3.8) is 0 Å². The number of hydrogen-bond donors (Lipinski definition) is 0. The molecule has 0 aliphatic heterocycles. The maximum absolute atomic E-state index is 2.38. The molecule has 1 aliphatic rings. The molecule has 98 valence electrons. The minimum Gasteiger partial charge on any atom is -0.0622 e. The molecule has 0 saturated heterocycles. The normalized spacial score (nSPS) is 17.5. The third-order valence-corrected chi connectivity index (χ3v) is 4.63. The van der Waals surface area contributed by atoms with Crippen molar-refractivity contribution in [1.29, 1.82) is 0 Å². The van der Waals surface area contributed by atoms with Gasteiger partial charge in [0, 0.05) is 0 Å². The summed E-state index contributed by atoms with van der Waals surface area (Å²) in [6, 6.07) is 15.5. The molecule has 0 fully saturated rings. The molecule has 3 rings (SSSR count). The Morgan fingerprint density at radius 3 is 2.58 bits per heavy atom. The van der Waals surface area contributed by atoms with E-state index in [9.17, 15) is 0 Å². The van der Waals surface area contributed by atoms with Gasteiger partial charge in [-0.25, -0.2) is 0 Å². The Bertz CT molecular complexity index is 566. The van der Waals surface area contributed by atoms with Crippen LogP contribution in [0.5, 0.6) is 0 Å². The highest BCUT2D eigenvalue weighted by molar-refractivity contribution is 5.45. The number of aryl methyl sites for hydroxylation is 2. The third kappa shape index (κ3) is 2.45. The van der Waals surface area contributed by atoms with E-state index in [-0.39, 0.29) is 0 Å². The summed E-state index contributed by atoms with van der Waals surface area (Å²) >= 11 is 0. The second kappa shape index (κ2) is 5.21. The number of benzene rings is 2. The molecule has 0 saturated carbocycles. The van der Waals surface area contributed by atoms with Gasteiger partial charge in [0.05, 0.1) is 0 Å². The Morgan fingerprint density at radius 2 is 1.79 bits per heavy atom. The van der Waals surface area contributed by atoms with Crippen LogP contribution in [0.1, 0.15) is 47.1 Å². The molecule has 19 heavy (non-hydrogen) atoms. The van der Waals surface area contributed by atoms with Crippen molar-refractivity contribution in [1.82, 2.24) is 0 Å². The van der Waals surface area contributed by atoms with E-state index in [4.69, 9.17) is 0 Å². The van der Waals surface area contributed by atoms with Crippen molar-refractivity contribution in [2.75, 3.05) is 0 Å². The van der Waals surface area contributed by atoms with Crippen LogP contribution in [0.2, 0.25) is 0 Å². The summed E-state index contributed by atoms with van der Waals surface area (Å²) in [4.78, 5) is 0. The van der Waals surface area contributed by atoms with Crippen LogP contribution in [0.3, 0.4) is 0 Å². The smallest absolute Gasteiger partial charge is 0.0184 e. The Balaban J connectivity index is 1.79. The van der Waals surface area contributed by atoms with Crippen LogP contribution in [0, 0.1) is 6.92 Å². The molecular weight excluding hydrogens is 228 g/mol. The predicted molar refractivity (Wildman–Crippen MR) is 81.8 cm³/mol. The van der Waals surface area contributed by atoms with Gasteiger partial charge >= 0.3 is 0 Å². The van der Waals surface area contributed by atoms with Gasteiger partial charge in [0.2, 0.25) is 0 Å². The molecule has 0 heterocycles. The summed E-state index contributed by atoms with van der Waals surface area (Å²) in [6.07, 6.45) is 4.92. The molecule has 2 aromatic carbocycles. The highest BCUT2D eigenvalue weighted by Crippen LogP contribution is 2.35. The van der Waals surface area contributed by atoms with Crippen molar-refractivity contribution < 1.29 is 0 Å². The van der Waals surface area contributed by atoms with Crippen LogP contribution in [0.15, 0.2) is 42.5 Å². The zero-order valence-electron chi connectivity index (χ0n) is 11.9. The first-order valence-corrected chi connectivity index (χ1v) is 7.41. The Kier molecular flexibility index (Phi) is 3.42. The fraction of sp³-hybridized carbons (Fsp3) is 0.368. The van der Waals surface area contributed by atoms with Gasteiger partial charge in [-0.3, -0.25) is 0 Å². The lowest BCUT2D eigenvalue weighted by Crippen LogP contribution is -1.98. The highest BCUT2D eigenvalue weighted by atomic mass is 14.3. The van der Waals surface area contributed by atoms with Gasteiger partial charge in [-0.15, -0.1) is 0 Å². The predicted octanol–water partition coefficient (Wildman–Crippen LogP) is 4.83. The maximum Gasteiger partial charge on any atom is -0.0184 e. The van der Waals surface area contributed by atoms with Crippen molar-refractivity contribution in [3.8, 4) is 0 Å². The molecule has 2 aromatic rings. The minimum absolute atomic E-state index is 0.761. The lowest BCUT2D eigenvalue weighted by atomic mass is 9.93. The zero-order chi connectivity index (χ0) is 13.2. The van der Waals surface area contributed by atoms with Crippen LogP contribution in [-0.4, -0.2) is 0 Å². The van der Waals surface area contributed by atoms with Gasteiger partial charge in [0.1, 0.15) is 0 Å². The average Bonchev–Trinajstić information content (AvgIpc) is 2.82. The highest BCUT2D eigenvalue weighted by Gasteiger charge is 2.20. The second-order valence-electron chi connectivity index (χ2n) is 5.84. The quantitative estimate of drug-likeness (QED) is 0.732. The molecule has 0 N–H and O–H groups in total. The molecule has 1 aliphatic carbocycles. The molecule has 1 atom stereocenters. The summed E-state index contributed by atoms with van der Waals surface area (Å²) in [5, 5.41) is 0. The van der Waals surface area contributed by atoms with Crippen LogP contribution in [0.4, 0.5) is 0 Å². The molecule has 0 nitrogen and oxygen atoms in total. The second-order valence-corrected chi connectivity index (χ2v) is 5.84. The minimum atomic E-state index is 0.761. The summed E-state index contributed by atoms with van der Waals surface area (Å²) in [7, 11) is 0. The Labute approximate surface area is 116 Å². The summed E-state index contributed by atoms with van der Waals surface area (Å²) in [5.41, 5.74) is 7.77. The van der Waals surface area contributed by atoms with Gasteiger partial charge in [0.25, 0.3) is 0 Å². The molecule has 0 amide bonds. The van der Waals surface area contributed by atoms with Gasteiger partial charge in [-0.1, -0.05) is 49.4 Å². The Hall–Kier alpha value is -1.56. The van der Waals surface area contributed by atoms with Crippen LogP contribution >= 0.6 is 0 Å². The lowest BCUT2D eigenvalue weighted by Gasteiger charge is -2.12. The molecule has 0 radical (unpaired) electrons. The summed E-state index contributed by atoms with van der Waals surface area (Å²) < 4.78 is 0. The van der Waals surface area contributed by atoms with E-state index in [2.05, 4.69) is 56.3 Å².